The maximum Gasteiger partial charge on any atom is 0.310 e. The van der Waals surface area contributed by atoms with Gasteiger partial charge in [0.25, 0.3) is 0 Å². The van der Waals surface area contributed by atoms with Gasteiger partial charge in [0, 0.05) is 12.4 Å². The van der Waals surface area contributed by atoms with Crippen molar-refractivity contribution >= 4 is 16.7 Å². The molecule has 0 amide bonds. The van der Waals surface area contributed by atoms with Gasteiger partial charge in [-0.2, -0.15) is 0 Å². The molecule has 22 heavy (non-hydrogen) atoms. The number of rotatable bonds is 3. The van der Waals surface area contributed by atoms with Crippen molar-refractivity contribution in [1.29, 1.82) is 0 Å². The van der Waals surface area contributed by atoms with Crippen LogP contribution in [0, 0.1) is 0 Å². The quantitative estimate of drug-likeness (QED) is 0.684. The van der Waals surface area contributed by atoms with Crippen molar-refractivity contribution in [2.24, 2.45) is 0 Å². The fourth-order valence-corrected chi connectivity index (χ4v) is 2.13. The monoisotopic (exact) mass is 293 g/mol. The number of carbonyl (C=O) groups excluding carboxylic acids is 1. The number of benzene rings is 2. The summed E-state index contributed by atoms with van der Waals surface area (Å²) in [5.41, 5.74) is 1.02. The van der Waals surface area contributed by atoms with Gasteiger partial charge in [-0.1, -0.05) is 48.5 Å². The van der Waals surface area contributed by atoms with E-state index in [1.807, 2.05) is 67.6 Å². The Balaban J connectivity index is 0.000000246. The molecule has 2 aromatic carbocycles. The zero-order valence-corrected chi connectivity index (χ0v) is 12.6. The number of ether oxygens (including phenoxy) is 1. The first-order valence-electron chi connectivity index (χ1n) is 7.28. The second-order valence-corrected chi connectivity index (χ2v) is 4.64. The van der Waals surface area contributed by atoms with E-state index in [-0.39, 0.29) is 5.97 Å². The molecule has 0 N–H and O–H groups in total. The highest BCUT2D eigenvalue weighted by atomic mass is 16.5. The van der Waals surface area contributed by atoms with Gasteiger partial charge in [0.2, 0.25) is 0 Å². The second kappa shape index (κ2) is 8.57. The van der Waals surface area contributed by atoms with E-state index in [4.69, 9.17) is 4.74 Å². The Hall–Kier alpha value is -2.68. The maximum atomic E-state index is 11.4. The van der Waals surface area contributed by atoms with Crippen LogP contribution in [0.1, 0.15) is 12.5 Å². The topological polar surface area (TPSA) is 39.2 Å². The highest BCUT2D eigenvalue weighted by molar-refractivity contribution is 5.88. The van der Waals surface area contributed by atoms with Crippen LogP contribution in [0.2, 0.25) is 0 Å². The van der Waals surface area contributed by atoms with Gasteiger partial charge in [0.05, 0.1) is 13.0 Å². The normalized spacial score (nSPS) is 9.68. The molecule has 3 rings (SSSR count). The number of esters is 1. The fourth-order valence-electron chi connectivity index (χ4n) is 2.13. The van der Waals surface area contributed by atoms with E-state index in [0.717, 1.165) is 16.3 Å². The standard InChI is InChI=1S/C14H14O2.C5H5N/c1-2-16-14(15)10-12-8-5-7-11-6-3-4-9-13(11)12;1-2-4-6-5-3-1/h3-9H,2,10H2,1H3;1-5H. The first kappa shape index (κ1) is 15.7. The minimum absolute atomic E-state index is 0.168. The van der Waals surface area contributed by atoms with E-state index < -0.39 is 0 Å². The minimum Gasteiger partial charge on any atom is -0.466 e. The largest absolute Gasteiger partial charge is 0.466 e. The number of aromatic nitrogens is 1. The lowest BCUT2D eigenvalue weighted by atomic mass is 10.0. The first-order valence-corrected chi connectivity index (χ1v) is 7.28. The Morgan fingerprint density at radius 2 is 1.68 bits per heavy atom. The summed E-state index contributed by atoms with van der Waals surface area (Å²) in [6, 6.07) is 19.8. The molecule has 0 unspecified atom stereocenters. The average molecular weight is 293 g/mol. The molecular formula is C19H19NO2. The van der Waals surface area contributed by atoms with Crippen molar-refractivity contribution in [2.75, 3.05) is 6.61 Å². The zero-order chi connectivity index (χ0) is 15.6. The van der Waals surface area contributed by atoms with Crippen LogP contribution in [0.25, 0.3) is 10.8 Å². The van der Waals surface area contributed by atoms with E-state index in [1.165, 1.54) is 0 Å². The van der Waals surface area contributed by atoms with E-state index >= 15 is 0 Å². The molecule has 0 aliphatic heterocycles. The molecule has 112 valence electrons. The fraction of sp³-hybridized carbons (Fsp3) is 0.158. The molecule has 0 saturated heterocycles. The summed E-state index contributed by atoms with van der Waals surface area (Å²) >= 11 is 0. The second-order valence-electron chi connectivity index (χ2n) is 4.64. The molecule has 0 bridgehead atoms. The summed E-state index contributed by atoms with van der Waals surface area (Å²) in [5.74, 6) is -0.168. The summed E-state index contributed by atoms with van der Waals surface area (Å²) in [7, 11) is 0. The molecule has 0 aliphatic carbocycles. The number of hydrogen-bond donors (Lipinski definition) is 0. The highest BCUT2D eigenvalue weighted by Gasteiger charge is 2.06. The SMILES string of the molecule is CCOC(=O)Cc1cccc2ccccc12.c1ccncc1. The molecule has 3 nitrogen and oxygen atoms in total. The maximum absolute atomic E-state index is 11.4. The van der Waals surface area contributed by atoms with Gasteiger partial charge in [0.15, 0.2) is 0 Å². The van der Waals surface area contributed by atoms with Gasteiger partial charge >= 0.3 is 5.97 Å². The van der Waals surface area contributed by atoms with E-state index in [2.05, 4.69) is 4.98 Å². The molecule has 1 heterocycles. The van der Waals surface area contributed by atoms with E-state index in [0.29, 0.717) is 13.0 Å². The van der Waals surface area contributed by atoms with E-state index in [9.17, 15) is 4.79 Å². The Bertz CT molecular complexity index is 679. The van der Waals surface area contributed by atoms with Crippen molar-refractivity contribution in [2.45, 2.75) is 13.3 Å². The molecule has 3 heteroatoms. The Morgan fingerprint density at radius 1 is 0.955 bits per heavy atom. The molecule has 0 spiro atoms. The summed E-state index contributed by atoms with van der Waals surface area (Å²) < 4.78 is 4.96. The number of carbonyl (C=O) groups is 1. The summed E-state index contributed by atoms with van der Waals surface area (Å²) in [6.45, 7) is 2.25. The summed E-state index contributed by atoms with van der Waals surface area (Å²) in [4.78, 5) is 15.2. The predicted octanol–water partition coefficient (Wildman–Crippen LogP) is 4.03. The molecule has 1 aromatic heterocycles. The van der Waals surface area contributed by atoms with Crippen LogP contribution in [-0.2, 0) is 16.0 Å². The third-order valence-electron chi connectivity index (χ3n) is 3.09. The van der Waals surface area contributed by atoms with Crippen LogP contribution in [0.15, 0.2) is 73.1 Å². The summed E-state index contributed by atoms with van der Waals surface area (Å²) in [6.07, 6.45) is 3.84. The number of fused-ring (bicyclic) bond motifs is 1. The highest BCUT2D eigenvalue weighted by Crippen LogP contribution is 2.19. The van der Waals surface area contributed by atoms with Crippen molar-refractivity contribution < 1.29 is 9.53 Å². The number of pyridine rings is 1. The van der Waals surface area contributed by atoms with Crippen LogP contribution < -0.4 is 0 Å². The molecule has 0 saturated carbocycles. The lowest BCUT2D eigenvalue weighted by molar-refractivity contribution is -0.142. The predicted molar refractivity (Wildman–Crippen MR) is 88.5 cm³/mol. The Kier molecular flexibility index (Phi) is 6.12. The molecule has 3 aromatic rings. The van der Waals surface area contributed by atoms with Crippen molar-refractivity contribution in [3.63, 3.8) is 0 Å². The van der Waals surface area contributed by atoms with Crippen molar-refractivity contribution in [3.05, 3.63) is 78.6 Å². The first-order chi connectivity index (χ1) is 10.8. The van der Waals surface area contributed by atoms with Crippen molar-refractivity contribution in [3.8, 4) is 0 Å². The lowest BCUT2D eigenvalue weighted by Gasteiger charge is -2.05. The van der Waals surface area contributed by atoms with Gasteiger partial charge in [-0.3, -0.25) is 9.78 Å². The zero-order valence-electron chi connectivity index (χ0n) is 12.6. The third kappa shape index (κ3) is 4.70. The van der Waals surface area contributed by atoms with Gasteiger partial charge in [-0.05, 0) is 35.4 Å². The Morgan fingerprint density at radius 3 is 2.32 bits per heavy atom. The van der Waals surface area contributed by atoms with Crippen molar-refractivity contribution in [1.82, 2.24) is 4.98 Å². The van der Waals surface area contributed by atoms with Crippen LogP contribution in [-0.4, -0.2) is 17.6 Å². The Labute approximate surface area is 130 Å². The van der Waals surface area contributed by atoms with Crippen LogP contribution in [0.3, 0.4) is 0 Å². The van der Waals surface area contributed by atoms with E-state index in [1.54, 1.807) is 12.4 Å². The van der Waals surface area contributed by atoms with Gasteiger partial charge in [0.1, 0.15) is 0 Å². The smallest absolute Gasteiger partial charge is 0.310 e. The molecular weight excluding hydrogens is 274 g/mol. The van der Waals surface area contributed by atoms with Crippen LogP contribution in [0.4, 0.5) is 0 Å². The average Bonchev–Trinajstić information content (AvgIpc) is 2.58. The van der Waals surface area contributed by atoms with Crippen LogP contribution in [0.5, 0.6) is 0 Å². The summed E-state index contributed by atoms with van der Waals surface area (Å²) in [5, 5.41) is 2.28. The van der Waals surface area contributed by atoms with Crippen LogP contribution >= 0.6 is 0 Å². The molecule has 0 atom stereocenters. The molecule has 0 aliphatic rings. The molecule has 0 fully saturated rings. The number of nitrogens with zero attached hydrogens (tertiary/aromatic N) is 1. The lowest BCUT2D eigenvalue weighted by Crippen LogP contribution is -2.07. The number of hydrogen-bond acceptors (Lipinski definition) is 3. The third-order valence-corrected chi connectivity index (χ3v) is 3.09. The van der Waals surface area contributed by atoms with Gasteiger partial charge < -0.3 is 4.74 Å². The minimum atomic E-state index is -0.168. The van der Waals surface area contributed by atoms with Gasteiger partial charge in [-0.15, -0.1) is 0 Å². The van der Waals surface area contributed by atoms with Gasteiger partial charge in [-0.25, -0.2) is 0 Å². The molecule has 0 radical (unpaired) electrons.